The fourth-order valence-corrected chi connectivity index (χ4v) is 5.74. The third kappa shape index (κ3) is 2.92. The van der Waals surface area contributed by atoms with E-state index in [0.717, 1.165) is 16.7 Å². The number of rotatable bonds is 3. The normalized spacial score (nSPS) is 26.6. The van der Waals surface area contributed by atoms with E-state index < -0.39 is 23.3 Å². The number of fused-ring (bicyclic) bond motifs is 6. The molecule has 4 aliphatic heterocycles. The van der Waals surface area contributed by atoms with Gasteiger partial charge in [0.1, 0.15) is 6.04 Å². The highest BCUT2D eigenvalue weighted by molar-refractivity contribution is 6.09. The Labute approximate surface area is 197 Å². The topological polar surface area (TPSA) is 76.1 Å². The van der Waals surface area contributed by atoms with Crippen LogP contribution >= 0.6 is 0 Å². The van der Waals surface area contributed by atoms with Gasteiger partial charge in [0.25, 0.3) is 0 Å². The summed E-state index contributed by atoms with van der Waals surface area (Å²) in [7, 11) is 0. The van der Waals surface area contributed by atoms with Crippen LogP contribution < -0.4 is 9.47 Å². The van der Waals surface area contributed by atoms with E-state index >= 15 is 0 Å². The van der Waals surface area contributed by atoms with Crippen LogP contribution in [0.3, 0.4) is 0 Å². The Morgan fingerprint density at radius 2 is 1.74 bits per heavy atom. The van der Waals surface area contributed by atoms with Gasteiger partial charge in [0.15, 0.2) is 17.3 Å². The van der Waals surface area contributed by atoms with Crippen molar-refractivity contribution in [2.24, 2.45) is 17.3 Å². The van der Waals surface area contributed by atoms with Gasteiger partial charge in [-0.05, 0) is 34.9 Å². The monoisotopic (exact) mass is 458 g/mol. The van der Waals surface area contributed by atoms with Gasteiger partial charge < -0.3 is 14.4 Å². The van der Waals surface area contributed by atoms with Crippen molar-refractivity contribution in [2.45, 2.75) is 39.4 Å². The Morgan fingerprint density at radius 3 is 2.53 bits per heavy atom. The molecule has 0 saturated carbocycles. The molecule has 4 aliphatic rings. The van der Waals surface area contributed by atoms with Crippen LogP contribution in [-0.4, -0.2) is 40.2 Å². The number of nitrogens with zero attached hydrogens (tertiary/aromatic N) is 2. The number of likely N-dealkylation sites (tertiary alicyclic amines) is 1. The van der Waals surface area contributed by atoms with Gasteiger partial charge >= 0.3 is 0 Å². The lowest BCUT2D eigenvalue weighted by molar-refractivity contribution is -0.144. The quantitative estimate of drug-likeness (QED) is 0.655. The number of ketones is 1. The molecular formula is C27H26N2O5. The maximum absolute atomic E-state index is 13.8. The van der Waals surface area contributed by atoms with Gasteiger partial charge in [-0.3, -0.25) is 19.3 Å². The summed E-state index contributed by atoms with van der Waals surface area (Å²) in [5, 5.41) is 0. The third-order valence-corrected chi connectivity index (χ3v) is 7.34. The lowest BCUT2D eigenvalue weighted by atomic mass is 9.79. The molecule has 0 N–H and O–H groups in total. The van der Waals surface area contributed by atoms with E-state index in [-0.39, 0.29) is 37.0 Å². The SMILES string of the molecule is CC(C)(C)C(=O)C1C2C(=O)N(Cc3ccc4c(c3)OCO4)C(=O)C2C2c3ccccc3C=CN12. The molecule has 2 aromatic carbocycles. The Kier molecular flexibility index (Phi) is 4.43. The van der Waals surface area contributed by atoms with Crippen molar-refractivity contribution in [3.05, 3.63) is 65.4 Å². The number of carbonyl (C=O) groups is 3. The van der Waals surface area contributed by atoms with Crippen molar-refractivity contribution in [1.29, 1.82) is 0 Å². The predicted octanol–water partition coefficient (Wildman–Crippen LogP) is 3.54. The van der Waals surface area contributed by atoms with Crippen molar-refractivity contribution in [2.75, 3.05) is 6.79 Å². The number of imide groups is 1. The molecule has 0 aromatic heterocycles. The minimum atomic E-state index is -0.714. The molecule has 0 aliphatic carbocycles. The van der Waals surface area contributed by atoms with Crippen LogP contribution in [0.4, 0.5) is 0 Å². The van der Waals surface area contributed by atoms with E-state index in [2.05, 4.69) is 0 Å². The number of hydrogen-bond donors (Lipinski definition) is 0. The molecule has 0 spiro atoms. The summed E-state index contributed by atoms with van der Waals surface area (Å²) < 4.78 is 10.8. The molecule has 4 heterocycles. The van der Waals surface area contributed by atoms with E-state index in [9.17, 15) is 14.4 Å². The largest absolute Gasteiger partial charge is 0.454 e. The second-order valence-electron chi connectivity index (χ2n) is 10.4. The second-order valence-corrected chi connectivity index (χ2v) is 10.4. The Balaban J connectivity index is 1.41. The summed E-state index contributed by atoms with van der Waals surface area (Å²) >= 11 is 0. The van der Waals surface area contributed by atoms with Crippen LogP contribution in [0.15, 0.2) is 48.7 Å². The van der Waals surface area contributed by atoms with E-state index in [0.29, 0.717) is 11.5 Å². The van der Waals surface area contributed by atoms with Gasteiger partial charge in [-0.1, -0.05) is 51.1 Å². The van der Waals surface area contributed by atoms with Crippen LogP contribution in [0.5, 0.6) is 11.5 Å². The smallest absolute Gasteiger partial charge is 0.236 e. The van der Waals surface area contributed by atoms with Crippen LogP contribution in [0.25, 0.3) is 6.08 Å². The summed E-state index contributed by atoms with van der Waals surface area (Å²) in [4.78, 5) is 44.5. The molecule has 4 unspecified atom stereocenters. The first-order valence-electron chi connectivity index (χ1n) is 11.6. The number of benzene rings is 2. The first kappa shape index (κ1) is 21.0. The molecule has 6 rings (SSSR count). The Hall–Kier alpha value is -3.61. The highest BCUT2D eigenvalue weighted by Gasteiger charge is 2.64. The number of amides is 2. The summed E-state index contributed by atoms with van der Waals surface area (Å²) in [6.45, 7) is 5.90. The molecule has 4 atom stereocenters. The zero-order chi connectivity index (χ0) is 23.8. The van der Waals surface area contributed by atoms with Crippen molar-refractivity contribution in [3.8, 4) is 11.5 Å². The minimum Gasteiger partial charge on any atom is -0.454 e. The van der Waals surface area contributed by atoms with Crippen LogP contribution in [-0.2, 0) is 20.9 Å². The van der Waals surface area contributed by atoms with E-state index in [4.69, 9.17) is 9.47 Å². The van der Waals surface area contributed by atoms with Crippen molar-refractivity contribution >= 4 is 23.7 Å². The number of hydrogen-bond acceptors (Lipinski definition) is 6. The Morgan fingerprint density at radius 1 is 1.00 bits per heavy atom. The first-order valence-corrected chi connectivity index (χ1v) is 11.6. The second kappa shape index (κ2) is 7.19. The van der Waals surface area contributed by atoms with Crippen LogP contribution in [0, 0.1) is 17.3 Å². The predicted molar refractivity (Wildman–Crippen MR) is 123 cm³/mol. The number of carbonyl (C=O) groups excluding carboxylic acids is 3. The van der Waals surface area contributed by atoms with Crippen molar-refractivity contribution < 1.29 is 23.9 Å². The van der Waals surface area contributed by atoms with Crippen molar-refractivity contribution in [3.63, 3.8) is 0 Å². The van der Waals surface area contributed by atoms with E-state index in [1.807, 2.05) is 68.3 Å². The summed E-state index contributed by atoms with van der Waals surface area (Å²) in [6.07, 6.45) is 3.86. The van der Waals surface area contributed by atoms with Gasteiger partial charge in [0, 0.05) is 11.6 Å². The van der Waals surface area contributed by atoms with Gasteiger partial charge in [-0.15, -0.1) is 0 Å². The maximum atomic E-state index is 13.8. The summed E-state index contributed by atoms with van der Waals surface area (Å²) in [5.74, 6) is -0.600. The molecule has 2 saturated heterocycles. The van der Waals surface area contributed by atoms with Crippen molar-refractivity contribution in [1.82, 2.24) is 9.80 Å². The lowest BCUT2D eigenvalue weighted by Crippen LogP contribution is -2.47. The highest BCUT2D eigenvalue weighted by atomic mass is 16.7. The number of ether oxygens (including phenoxy) is 2. The lowest BCUT2D eigenvalue weighted by Gasteiger charge is -2.37. The summed E-state index contributed by atoms with van der Waals surface area (Å²) in [5.41, 5.74) is 2.13. The molecule has 0 bridgehead atoms. The zero-order valence-corrected chi connectivity index (χ0v) is 19.4. The fraction of sp³-hybridized carbons (Fsp3) is 0.370. The molecule has 174 valence electrons. The summed E-state index contributed by atoms with van der Waals surface area (Å²) in [6, 6.07) is 12.3. The molecule has 2 amide bonds. The minimum absolute atomic E-state index is 0.0277. The van der Waals surface area contributed by atoms with Gasteiger partial charge in [-0.2, -0.15) is 0 Å². The van der Waals surface area contributed by atoms with Crippen LogP contribution in [0.2, 0.25) is 0 Å². The average Bonchev–Trinajstić information content (AvgIpc) is 3.48. The highest BCUT2D eigenvalue weighted by Crippen LogP contribution is 2.53. The molecule has 0 radical (unpaired) electrons. The number of Topliss-reactive ketones (excluding diaryl/α,β-unsaturated/α-hetero) is 1. The molecule has 2 fully saturated rings. The molecular weight excluding hydrogens is 432 g/mol. The van der Waals surface area contributed by atoms with Gasteiger partial charge in [0.05, 0.1) is 24.4 Å². The average molecular weight is 459 g/mol. The molecule has 2 aromatic rings. The molecule has 7 nitrogen and oxygen atoms in total. The first-order chi connectivity index (χ1) is 16.3. The Bertz CT molecular complexity index is 1260. The molecule has 7 heteroatoms. The molecule has 34 heavy (non-hydrogen) atoms. The van der Waals surface area contributed by atoms with Gasteiger partial charge in [-0.25, -0.2) is 0 Å². The fourth-order valence-electron chi connectivity index (χ4n) is 5.74. The van der Waals surface area contributed by atoms with Crippen LogP contribution in [0.1, 0.15) is 43.5 Å². The zero-order valence-electron chi connectivity index (χ0n) is 19.4. The standard InChI is InChI=1S/C27H26N2O5/c1-27(2,3)24(30)23-21-20(22-17-7-5-4-6-16(17)10-11-28(22)23)25(31)29(26(21)32)13-15-8-9-18-19(12-15)34-14-33-18/h4-12,20-23H,13-14H2,1-3H3. The maximum Gasteiger partial charge on any atom is 0.236 e. The van der Waals surface area contributed by atoms with E-state index in [1.54, 1.807) is 12.1 Å². The van der Waals surface area contributed by atoms with E-state index in [1.165, 1.54) is 4.90 Å². The van der Waals surface area contributed by atoms with Gasteiger partial charge in [0.2, 0.25) is 18.6 Å². The third-order valence-electron chi connectivity index (χ3n) is 7.34.